The number of nitrogens with two attached hydrogens (primary N) is 1. The number of anilines is 2. The number of amides is 1. The molecule has 0 spiro atoms. The number of aromatic nitrogens is 2. The first-order valence-electron chi connectivity index (χ1n) is 5.99. The molecule has 1 atom stereocenters. The number of nitrogen functional groups attached to an aromatic ring is 1. The molecule has 1 amide bonds. The van der Waals surface area contributed by atoms with Crippen LogP contribution in [0.2, 0.25) is 0 Å². The molecule has 1 unspecified atom stereocenters. The minimum atomic E-state index is -4.57. The summed E-state index contributed by atoms with van der Waals surface area (Å²) in [5, 5.41) is 2.72. The fourth-order valence-electron chi connectivity index (χ4n) is 2.13. The summed E-state index contributed by atoms with van der Waals surface area (Å²) in [7, 11) is 0. The maximum Gasteiger partial charge on any atom is 0.433 e. The van der Waals surface area contributed by atoms with Crippen molar-refractivity contribution in [2.45, 2.75) is 25.6 Å². The first-order valence-corrected chi connectivity index (χ1v) is 5.99. The highest BCUT2D eigenvalue weighted by Crippen LogP contribution is 2.30. The van der Waals surface area contributed by atoms with Gasteiger partial charge in [-0.15, -0.1) is 0 Å². The summed E-state index contributed by atoms with van der Waals surface area (Å²) in [4.78, 5) is 19.6. The lowest BCUT2D eigenvalue weighted by atomic mass is 10.2. The molecule has 1 aromatic heterocycles. The number of carbonyl (C=O) groups excluding carboxylic acids is 1. The number of rotatable bonds is 2. The molecule has 0 radical (unpaired) electrons. The van der Waals surface area contributed by atoms with Gasteiger partial charge in [-0.25, -0.2) is 4.98 Å². The average Bonchev–Trinajstić information content (AvgIpc) is 2.74. The number of nitrogens with one attached hydrogen (secondary N) is 1. The lowest BCUT2D eigenvalue weighted by molar-refractivity contribution is -0.141. The molecule has 20 heavy (non-hydrogen) atoms. The maximum absolute atomic E-state index is 12.7. The molecule has 0 bridgehead atoms. The molecule has 2 heterocycles. The molecule has 0 aromatic carbocycles. The van der Waals surface area contributed by atoms with E-state index >= 15 is 0 Å². The van der Waals surface area contributed by atoms with Crippen molar-refractivity contribution in [1.82, 2.24) is 15.3 Å². The molecule has 1 aromatic rings. The Kier molecular flexibility index (Phi) is 3.69. The largest absolute Gasteiger partial charge is 0.433 e. The summed E-state index contributed by atoms with van der Waals surface area (Å²) in [5.74, 6) is -0.467. The Morgan fingerprint density at radius 1 is 1.50 bits per heavy atom. The van der Waals surface area contributed by atoms with Gasteiger partial charge in [-0.3, -0.25) is 4.79 Å². The van der Waals surface area contributed by atoms with Gasteiger partial charge in [0.05, 0.1) is 0 Å². The first kappa shape index (κ1) is 14.4. The molecule has 2 rings (SSSR count). The van der Waals surface area contributed by atoms with E-state index in [2.05, 4.69) is 15.3 Å². The van der Waals surface area contributed by atoms with Crippen LogP contribution in [0.4, 0.5) is 24.9 Å². The summed E-state index contributed by atoms with van der Waals surface area (Å²) in [6.07, 6.45) is -3.92. The van der Waals surface area contributed by atoms with Crippen LogP contribution >= 0.6 is 0 Å². The Balaban J connectivity index is 2.18. The molecule has 1 saturated heterocycles. The second-order valence-corrected chi connectivity index (χ2v) is 4.60. The minimum Gasteiger partial charge on any atom is -0.368 e. The van der Waals surface area contributed by atoms with Crippen LogP contribution in [0.1, 0.15) is 19.0 Å². The SMILES string of the molecule is CC(=O)NC1CCN(c2cc(C(F)(F)F)nc(N)n2)C1. The average molecular weight is 289 g/mol. The van der Waals surface area contributed by atoms with Crippen molar-refractivity contribution in [2.24, 2.45) is 0 Å². The normalized spacial score (nSPS) is 19.2. The third kappa shape index (κ3) is 3.28. The standard InChI is InChI=1S/C11H14F3N5O/c1-6(20)16-7-2-3-19(5-7)9-4-8(11(12,13)14)17-10(15)18-9/h4,7H,2-3,5H2,1H3,(H,16,20)(H2,15,17,18). The van der Waals surface area contributed by atoms with Gasteiger partial charge in [0.2, 0.25) is 11.9 Å². The van der Waals surface area contributed by atoms with Gasteiger partial charge in [-0.1, -0.05) is 0 Å². The van der Waals surface area contributed by atoms with Crippen molar-refractivity contribution in [3.05, 3.63) is 11.8 Å². The summed E-state index contributed by atoms with van der Waals surface area (Å²) in [6.45, 7) is 2.29. The Morgan fingerprint density at radius 2 is 2.20 bits per heavy atom. The van der Waals surface area contributed by atoms with Gasteiger partial charge < -0.3 is 16.0 Å². The van der Waals surface area contributed by atoms with Gasteiger partial charge in [0.1, 0.15) is 5.82 Å². The zero-order valence-electron chi connectivity index (χ0n) is 10.7. The maximum atomic E-state index is 12.7. The number of hydrogen-bond donors (Lipinski definition) is 2. The second-order valence-electron chi connectivity index (χ2n) is 4.60. The molecule has 110 valence electrons. The van der Waals surface area contributed by atoms with E-state index in [-0.39, 0.29) is 17.8 Å². The van der Waals surface area contributed by atoms with Crippen molar-refractivity contribution in [3.63, 3.8) is 0 Å². The van der Waals surface area contributed by atoms with Crippen molar-refractivity contribution >= 4 is 17.7 Å². The van der Waals surface area contributed by atoms with Crippen molar-refractivity contribution in [1.29, 1.82) is 0 Å². The van der Waals surface area contributed by atoms with E-state index in [1.807, 2.05) is 0 Å². The van der Waals surface area contributed by atoms with Crippen molar-refractivity contribution < 1.29 is 18.0 Å². The van der Waals surface area contributed by atoms with Crippen LogP contribution in [0.25, 0.3) is 0 Å². The summed E-state index contributed by atoms with van der Waals surface area (Å²) >= 11 is 0. The Labute approximate surface area is 113 Å². The van der Waals surface area contributed by atoms with Crippen LogP contribution in [0.15, 0.2) is 6.07 Å². The van der Waals surface area contributed by atoms with Crippen LogP contribution in [-0.4, -0.2) is 35.0 Å². The Morgan fingerprint density at radius 3 is 2.80 bits per heavy atom. The Bertz CT molecular complexity index is 519. The van der Waals surface area contributed by atoms with Crippen LogP contribution in [0, 0.1) is 0 Å². The Hall–Kier alpha value is -2.06. The van der Waals surface area contributed by atoms with Crippen LogP contribution in [-0.2, 0) is 11.0 Å². The van der Waals surface area contributed by atoms with Gasteiger partial charge >= 0.3 is 6.18 Å². The third-order valence-corrected chi connectivity index (χ3v) is 2.94. The van der Waals surface area contributed by atoms with Crippen LogP contribution in [0.5, 0.6) is 0 Å². The molecule has 1 aliphatic rings. The summed E-state index contributed by atoms with van der Waals surface area (Å²) in [5.41, 5.74) is 4.25. The molecular formula is C11H14F3N5O. The molecule has 0 saturated carbocycles. The minimum absolute atomic E-state index is 0.0990. The summed E-state index contributed by atoms with van der Waals surface area (Å²) in [6, 6.07) is 0.769. The van der Waals surface area contributed by atoms with E-state index in [1.54, 1.807) is 4.90 Å². The topological polar surface area (TPSA) is 84.1 Å². The molecular weight excluding hydrogens is 275 g/mol. The van der Waals surface area contributed by atoms with Gasteiger partial charge in [0.25, 0.3) is 0 Å². The van der Waals surface area contributed by atoms with Gasteiger partial charge in [-0.05, 0) is 6.42 Å². The summed E-state index contributed by atoms with van der Waals surface area (Å²) < 4.78 is 38.0. The van der Waals surface area contributed by atoms with E-state index in [0.717, 1.165) is 6.07 Å². The smallest absolute Gasteiger partial charge is 0.368 e. The molecule has 1 fully saturated rings. The monoisotopic (exact) mass is 289 g/mol. The van der Waals surface area contributed by atoms with Gasteiger partial charge in [-0.2, -0.15) is 18.2 Å². The predicted molar refractivity (Wildman–Crippen MR) is 65.9 cm³/mol. The quantitative estimate of drug-likeness (QED) is 0.841. The third-order valence-electron chi connectivity index (χ3n) is 2.94. The van der Waals surface area contributed by atoms with E-state index < -0.39 is 17.8 Å². The number of halogens is 3. The molecule has 3 N–H and O–H groups in total. The van der Waals surface area contributed by atoms with Crippen molar-refractivity contribution in [2.75, 3.05) is 23.7 Å². The number of nitrogens with zero attached hydrogens (tertiary/aromatic N) is 3. The fourth-order valence-corrected chi connectivity index (χ4v) is 2.13. The van der Waals surface area contributed by atoms with E-state index in [1.165, 1.54) is 6.92 Å². The molecule has 0 aliphatic carbocycles. The van der Waals surface area contributed by atoms with E-state index in [4.69, 9.17) is 5.73 Å². The molecule has 6 nitrogen and oxygen atoms in total. The lowest BCUT2D eigenvalue weighted by Crippen LogP contribution is -2.35. The highest BCUT2D eigenvalue weighted by atomic mass is 19.4. The highest BCUT2D eigenvalue weighted by molar-refractivity contribution is 5.73. The highest BCUT2D eigenvalue weighted by Gasteiger charge is 2.34. The molecule has 9 heteroatoms. The van der Waals surface area contributed by atoms with Crippen molar-refractivity contribution in [3.8, 4) is 0 Å². The number of carbonyl (C=O) groups is 1. The molecule has 1 aliphatic heterocycles. The first-order chi connectivity index (χ1) is 9.25. The van der Waals surface area contributed by atoms with Crippen LogP contribution in [0.3, 0.4) is 0 Å². The zero-order valence-corrected chi connectivity index (χ0v) is 10.7. The second kappa shape index (κ2) is 5.14. The van der Waals surface area contributed by atoms with E-state index in [9.17, 15) is 18.0 Å². The van der Waals surface area contributed by atoms with Crippen LogP contribution < -0.4 is 16.0 Å². The lowest BCUT2D eigenvalue weighted by Gasteiger charge is -2.19. The predicted octanol–water partition coefficient (Wildman–Crippen LogP) is 0.792. The number of alkyl halides is 3. The van der Waals surface area contributed by atoms with E-state index in [0.29, 0.717) is 19.5 Å². The van der Waals surface area contributed by atoms with Gasteiger partial charge in [0, 0.05) is 32.1 Å². The zero-order chi connectivity index (χ0) is 14.9. The number of hydrogen-bond acceptors (Lipinski definition) is 5. The van der Waals surface area contributed by atoms with Gasteiger partial charge in [0.15, 0.2) is 5.69 Å². The fraction of sp³-hybridized carbons (Fsp3) is 0.545.